The predicted molar refractivity (Wildman–Crippen MR) is 66.7 cm³/mol. The molecule has 1 unspecified atom stereocenters. The Kier molecular flexibility index (Phi) is 7.21. The lowest BCUT2D eigenvalue weighted by Gasteiger charge is -2.27. The molecule has 1 atom stereocenters. The molecule has 0 radical (unpaired) electrons. The molecule has 0 aliphatic rings. The van der Waals surface area contributed by atoms with Crippen LogP contribution in [-0.4, -0.2) is 34.0 Å². The van der Waals surface area contributed by atoms with Gasteiger partial charge in [-0.25, -0.2) is 0 Å². The predicted octanol–water partition coefficient (Wildman–Crippen LogP) is 1.89. The highest BCUT2D eigenvalue weighted by molar-refractivity contribution is 7.99. The quantitative estimate of drug-likeness (QED) is 0.643. The van der Waals surface area contributed by atoms with Gasteiger partial charge in [-0.2, -0.15) is 11.8 Å². The molecule has 0 aromatic carbocycles. The Hall–Kier alpha value is -0.710. The Labute approximate surface area is 101 Å². The summed E-state index contributed by atoms with van der Waals surface area (Å²) in [6.45, 7) is 5.71. The Morgan fingerprint density at radius 1 is 1.38 bits per heavy atom. The highest BCUT2D eigenvalue weighted by Gasteiger charge is 2.27. The molecule has 0 fully saturated rings. The normalized spacial score (nSPS) is 14.2. The first-order valence-corrected chi connectivity index (χ1v) is 6.69. The standard InChI is InChI=1S/C11H21NO3S/c1-4-6-16-8-9(13)12-11(3,5-2)7-10(14)15/h4-8H2,1-3H3,(H,12,13)(H,14,15). The van der Waals surface area contributed by atoms with Gasteiger partial charge < -0.3 is 10.4 Å². The number of amides is 1. The van der Waals surface area contributed by atoms with Crippen LogP contribution in [0.2, 0.25) is 0 Å². The van der Waals surface area contributed by atoms with Crippen LogP contribution in [0.1, 0.15) is 40.0 Å². The maximum atomic E-state index is 11.5. The second kappa shape index (κ2) is 7.54. The van der Waals surface area contributed by atoms with Gasteiger partial charge in [-0.05, 0) is 25.5 Å². The van der Waals surface area contributed by atoms with Crippen LogP contribution in [0, 0.1) is 0 Å². The van der Waals surface area contributed by atoms with Gasteiger partial charge in [0.1, 0.15) is 0 Å². The van der Waals surface area contributed by atoms with Gasteiger partial charge in [0.05, 0.1) is 12.2 Å². The molecular weight excluding hydrogens is 226 g/mol. The van der Waals surface area contributed by atoms with Gasteiger partial charge in [0.2, 0.25) is 5.91 Å². The van der Waals surface area contributed by atoms with Crippen molar-refractivity contribution in [2.24, 2.45) is 0 Å². The number of carboxylic acid groups (broad SMARTS) is 1. The zero-order valence-electron chi connectivity index (χ0n) is 10.2. The van der Waals surface area contributed by atoms with Crippen molar-refractivity contribution in [1.82, 2.24) is 5.32 Å². The number of rotatable bonds is 8. The molecule has 1 amide bonds. The number of hydrogen-bond donors (Lipinski definition) is 2. The van der Waals surface area contributed by atoms with Gasteiger partial charge in [-0.1, -0.05) is 13.8 Å². The number of thioether (sulfide) groups is 1. The summed E-state index contributed by atoms with van der Waals surface area (Å²) in [6, 6.07) is 0. The van der Waals surface area contributed by atoms with Crippen LogP contribution >= 0.6 is 11.8 Å². The Morgan fingerprint density at radius 2 is 2.00 bits per heavy atom. The number of hydrogen-bond acceptors (Lipinski definition) is 3. The fraction of sp³-hybridized carbons (Fsp3) is 0.818. The zero-order valence-corrected chi connectivity index (χ0v) is 11.0. The lowest BCUT2D eigenvalue weighted by Crippen LogP contribution is -2.47. The van der Waals surface area contributed by atoms with E-state index >= 15 is 0 Å². The van der Waals surface area contributed by atoms with Crippen LogP contribution in [0.15, 0.2) is 0 Å². The van der Waals surface area contributed by atoms with E-state index < -0.39 is 11.5 Å². The van der Waals surface area contributed by atoms with Gasteiger partial charge in [-0.15, -0.1) is 0 Å². The summed E-state index contributed by atoms with van der Waals surface area (Å²) < 4.78 is 0. The Balaban J connectivity index is 4.09. The topological polar surface area (TPSA) is 66.4 Å². The van der Waals surface area contributed by atoms with Crippen molar-refractivity contribution in [2.45, 2.75) is 45.6 Å². The molecule has 0 spiro atoms. The van der Waals surface area contributed by atoms with Gasteiger partial charge >= 0.3 is 5.97 Å². The second-order valence-corrected chi connectivity index (χ2v) is 5.19. The molecule has 0 saturated carbocycles. The number of aliphatic carboxylic acids is 1. The van der Waals surface area contributed by atoms with Crippen molar-refractivity contribution in [3.63, 3.8) is 0 Å². The molecule has 0 bridgehead atoms. The zero-order chi connectivity index (χ0) is 12.6. The lowest BCUT2D eigenvalue weighted by atomic mass is 9.94. The Bertz CT molecular complexity index is 245. The molecule has 94 valence electrons. The van der Waals surface area contributed by atoms with E-state index in [4.69, 9.17) is 5.11 Å². The summed E-state index contributed by atoms with van der Waals surface area (Å²) >= 11 is 1.57. The minimum Gasteiger partial charge on any atom is -0.481 e. The fourth-order valence-corrected chi connectivity index (χ4v) is 1.96. The minimum atomic E-state index is -0.883. The smallest absolute Gasteiger partial charge is 0.305 e. The maximum Gasteiger partial charge on any atom is 0.305 e. The minimum absolute atomic E-state index is 0.0340. The summed E-state index contributed by atoms with van der Waals surface area (Å²) in [6.07, 6.45) is 1.62. The molecule has 0 aliphatic heterocycles. The van der Waals surface area contributed by atoms with Crippen molar-refractivity contribution in [2.75, 3.05) is 11.5 Å². The largest absolute Gasteiger partial charge is 0.481 e. The monoisotopic (exact) mass is 247 g/mol. The summed E-state index contributed by atoms with van der Waals surface area (Å²) in [7, 11) is 0. The Morgan fingerprint density at radius 3 is 2.44 bits per heavy atom. The van der Waals surface area contributed by atoms with E-state index in [1.807, 2.05) is 6.92 Å². The maximum absolute atomic E-state index is 11.5. The summed E-state index contributed by atoms with van der Waals surface area (Å²) in [5.41, 5.74) is -0.629. The molecular formula is C11H21NO3S. The molecule has 0 aromatic heterocycles. The van der Waals surface area contributed by atoms with Crippen LogP contribution in [0.25, 0.3) is 0 Å². The van der Waals surface area contributed by atoms with Crippen LogP contribution in [0.3, 0.4) is 0 Å². The van der Waals surface area contributed by atoms with Crippen molar-refractivity contribution in [1.29, 1.82) is 0 Å². The fourth-order valence-electron chi connectivity index (χ4n) is 1.27. The third-order valence-electron chi connectivity index (χ3n) is 2.34. The number of carbonyl (C=O) groups excluding carboxylic acids is 1. The van der Waals surface area contributed by atoms with Crippen molar-refractivity contribution in [3.8, 4) is 0 Å². The van der Waals surface area contributed by atoms with Gasteiger partial charge in [0, 0.05) is 5.54 Å². The molecule has 16 heavy (non-hydrogen) atoms. The summed E-state index contributed by atoms with van der Waals surface area (Å²) in [5.74, 6) is 0.396. The molecule has 5 heteroatoms. The van der Waals surface area contributed by atoms with Crippen LogP contribution < -0.4 is 5.32 Å². The summed E-state index contributed by atoms with van der Waals surface area (Å²) in [5, 5.41) is 11.5. The first-order valence-electron chi connectivity index (χ1n) is 5.54. The molecule has 0 heterocycles. The first kappa shape index (κ1) is 15.3. The van der Waals surface area contributed by atoms with E-state index in [1.54, 1.807) is 18.7 Å². The van der Waals surface area contributed by atoms with E-state index in [0.717, 1.165) is 12.2 Å². The second-order valence-electron chi connectivity index (χ2n) is 4.09. The average molecular weight is 247 g/mol. The van der Waals surface area contributed by atoms with Crippen molar-refractivity contribution in [3.05, 3.63) is 0 Å². The molecule has 0 saturated heterocycles. The number of carboxylic acids is 1. The third-order valence-corrected chi connectivity index (χ3v) is 3.51. The van der Waals surface area contributed by atoms with E-state index in [0.29, 0.717) is 12.2 Å². The highest BCUT2D eigenvalue weighted by atomic mass is 32.2. The molecule has 0 aliphatic carbocycles. The molecule has 2 N–H and O–H groups in total. The van der Waals surface area contributed by atoms with Gasteiger partial charge in [-0.3, -0.25) is 9.59 Å². The number of nitrogens with one attached hydrogen (secondary N) is 1. The van der Waals surface area contributed by atoms with Gasteiger partial charge in [0.25, 0.3) is 0 Å². The van der Waals surface area contributed by atoms with Crippen LogP contribution in [-0.2, 0) is 9.59 Å². The third kappa shape index (κ3) is 6.71. The van der Waals surface area contributed by atoms with Crippen LogP contribution in [0.4, 0.5) is 0 Å². The van der Waals surface area contributed by atoms with Crippen molar-refractivity contribution >= 4 is 23.6 Å². The molecule has 0 rings (SSSR count). The SMILES string of the molecule is CCCSCC(=O)NC(C)(CC)CC(=O)O. The van der Waals surface area contributed by atoms with E-state index in [-0.39, 0.29) is 12.3 Å². The van der Waals surface area contributed by atoms with E-state index in [1.165, 1.54) is 0 Å². The lowest BCUT2D eigenvalue weighted by molar-refractivity contribution is -0.138. The summed E-state index contributed by atoms with van der Waals surface area (Å²) in [4.78, 5) is 22.2. The molecule has 4 nitrogen and oxygen atoms in total. The molecule has 0 aromatic rings. The average Bonchev–Trinajstić information content (AvgIpc) is 2.16. The number of carbonyl (C=O) groups is 2. The highest BCUT2D eigenvalue weighted by Crippen LogP contribution is 2.14. The van der Waals surface area contributed by atoms with E-state index in [9.17, 15) is 9.59 Å². The van der Waals surface area contributed by atoms with Crippen molar-refractivity contribution < 1.29 is 14.7 Å². The van der Waals surface area contributed by atoms with E-state index in [2.05, 4.69) is 12.2 Å². The van der Waals surface area contributed by atoms with Gasteiger partial charge in [0.15, 0.2) is 0 Å². The van der Waals surface area contributed by atoms with Crippen LogP contribution in [0.5, 0.6) is 0 Å². The first-order chi connectivity index (χ1) is 7.43.